The quantitative estimate of drug-likeness (QED) is 0.293. The van der Waals surface area contributed by atoms with Crippen LogP contribution in [0.2, 0.25) is 0 Å². The average molecular weight is 539 g/mol. The number of rotatable bonds is 3. The van der Waals surface area contributed by atoms with Crippen LogP contribution in [0.15, 0.2) is 23.3 Å². The molecular formula is C28H39FO9. The predicted molar refractivity (Wildman–Crippen MR) is 131 cm³/mol. The van der Waals surface area contributed by atoms with Gasteiger partial charge in [-0.1, -0.05) is 25.5 Å². The fourth-order valence-electron chi connectivity index (χ4n) is 8.92. The molecule has 1 heterocycles. The van der Waals surface area contributed by atoms with Crippen LogP contribution in [0, 0.1) is 28.6 Å². The third-order valence-electron chi connectivity index (χ3n) is 11.1. The molecule has 0 aromatic rings. The largest absolute Gasteiger partial charge is 0.390 e. The molecule has 0 aromatic heterocycles. The summed E-state index contributed by atoms with van der Waals surface area (Å²) >= 11 is 0. The average Bonchev–Trinajstić information content (AvgIpc) is 3.07. The molecule has 6 N–H and O–H groups in total. The zero-order valence-electron chi connectivity index (χ0n) is 22.2. The van der Waals surface area contributed by atoms with Crippen molar-refractivity contribution >= 4 is 11.6 Å². The number of Topliss-reactive ketones (excluding diaryl/α,β-unsaturated/α-hetero) is 1. The summed E-state index contributed by atoms with van der Waals surface area (Å²) < 4.78 is 23.4. The summed E-state index contributed by atoms with van der Waals surface area (Å²) in [4.78, 5) is 26.0. The second kappa shape index (κ2) is 8.73. The Hall–Kier alpha value is -1.53. The number of ether oxygens (including phenoxy) is 1. The summed E-state index contributed by atoms with van der Waals surface area (Å²) in [6, 6.07) is 0. The van der Waals surface area contributed by atoms with E-state index < -0.39 is 94.7 Å². The number of hydrogen-bond acceptors (Lipinski definition) is 9. The first kappa shape index (κ1) is 28.0. The van der Waals surface area contributed by atoms with Gasteiger partial charge in [-0.2, -0.15) is 0 Å². The first-order chi connectivity index (χ1) is 17.6. The zero-order chi connectivity index (χ0) is 28.2. The number of aliphatic hydroxyl groups excluding tert-OH is 5. The first-order valence-electron chi connectivity index (χ1n) is 13.5. The topological polar surface area (TPSA) is 165 Å². The van der Waals surface area contributed by atoms with Gasteiger partial charge in [-0.05, 0) is 57.4 Å². The minimum Gasteiger partial charge on any atom is -0.390 e. The molecule has 3 saturated carbocycles. The standard InChI is InChI=1S/C28H39FO9/c1-12-7-17-16-6-5-14-8-18(31)15(24-23(36)22(35)21(34)13(2)38-24)9-25(14,3)27(16,29)19(32)10-26(17,4)28(12,37)20(33)11-30/h8-9,12-13,16-17,19,21-24,30,32,34-37H,5-7,10-11H2,1-4H3/t12-,13-,16+,17+,19+,21-,22+,23+,24+,25+,26+,27+,28+/m1/s1. The minimum atomic E-state index is -2.27. The molecule has 5 rings (SSSR count). The molecule has 0 aromatic carbocycles. The number of aliphatic hydroxyl groups is 6. The van der Waals surface area contributed by atoms with Gasteiger partial charge in [0.2, 0.25) is 0 Å². The van der Waals surface area contributed by atoms with Crippen LogP contribution in [-0.2, 0) is 14.3 Å². The summed E-state index contributed by atoms with van der Waals surface area (Å²) in [6.45, 7) is 5.65. The van der Waals surface area contributed by atoms with Crippen LogP contribution in [0.4, 0.5) is 4.39 Å². The molecule has 9 nitrogen and oxygen atoms in total. The SMILES string of the molecule is C[C@@H]1C[C@H]2[C@@H]3CCC4=CC(=O)C([C@@H]5O[C@H](C)[C@@H](O)[C@H](O)[C@@H]5O)=C[C@]4(C)[C@@]3(F)[C@@H](O)C[C@]2(C)[C@@]1(O)C(=O)CO. The molecule has 4 aliphatic carbocycles. The Morgan fingerprint density at radius 1 is 1.11 bits per heavy atom. The molecule has 0 amide bonds. The van der Waals surface area contributed by atoms with E-state index in [4.69, 9.17) is 4.74 Å². The van der Waals surface area contributed by atoms with Crippen LogP contribution >= 0.6 is 0 Å². The van der Waals surface area contributed by atoms with Crippen LogP contribution in [-0.4, -0.2) is 96.7 Å². The summed E-state index contributed by atoms with van der Waals surface area (Å²) in [6.07, 6.45) is -4.87. The Morgan fingerprint density at radius 3 is 2.39 bits per heavy atom. The summed E-state index contributed by atoms with van der Waals surface area (Å²) in [5.41, 5.74) is -6.38. The van der Waals surface area contributed by atoms with Crippen molar-refractivity contribution < 1.29 is 49.4 Å². The third kappa shape index (κ3) is 3.22. The van der Waals surface area contributed by atoms with E-state index in [2.05, 4.69) is 0 Å². The minimum absolute atomic E-state index is 0.0495. The Balaban J connectivity index is 1.59. The van der Waals surface area contributed by atoms with E-state index in [9.17, 15) is 40.2 Å². The van der Waals surface area contributed by atoms with Gasteiger partial charge in [-0.15, -0.1) is 0 Å². The van der Waals surface area contributed by atoms with Gasteiger partial charge < -0.3 is 35.4 Å². The van der Waals surface area contributed by atoms with Gasteiger partial charge in [-0.3, -0.25) is 9.59 Å². The number of carbonyl (C=O) groups is 2. The first-order valence-corrected chi connectivity index (χ1v) is 13.5. The molecule has 1 aliphatic heterocycles. The highest BCUT2D eigenvalue weighted by Crippen LogP contribution is 2.71. The van der Waals surface area contributed by atoms with Crippen molar-refractivity contribution in [2.75, 3.05) is 6.61 Å². The summed E-state index contributed by atoms with van der Waals surface area (Å²) in [5, 5.41) is 63.9. The highest BCUT2D eigenvalue weighted by Gasteiger charge is 2.75. The van der Waals surface area contributed by atoms with E-state index in [0.29, 0.717) is 24.8 Å². The number of allylic oxidation sites excluding steroid dienone is 3. The summed E-state index contributed by atoms with van der Waals surface area (Å²) in [7, 11) is 0. The Kier molecular flexibility index (Phi) is 6.44. The van der Waals surface area contributed by atoms with Crippen LogP contribution in [0.1, 0.15) is 53.4 Å². The lowest BCUT2D eigenvalue weighted by atomic mass is 9.44. The molecule has 38 heavy (non-hydrogen) atoms. The van der Waals surface area contributed by atoms with Gasteiger partial charge in [-0.25, -0.2) is 4.39 Å². The van der Waals surface area contributed by atoms with Crippen molar-refractivity contribution in [1.29, 1.82) is 0 Å². The van der Waals surface area contributed by atoms with Crippen molar-refractivity contribution in [3.63, 3.8) is 0 Å². The van der Waals surface area contributed by atoms with Crippen molar-refractivity contribution in [3.05, 3.63) is 23.3 Å². The van der Waals surface area contributed by atoms with E-state index in [1.165, 1.54) is 19.1 Å². The maximum absolute atomic E-state index is 17.7. The molecule has 1 saturated heterocycles. The van der Waals surface area contributed by atoms with Crippen molar-refractivity contribution in [2.24, 2.45) is 28.6 Å². The Morgan fingerprint density at radius 2 is 1.76 bits per heavy atom. The molecule has 5 aliphatic rings. The highest BCUT2D eigenvalue weighted by atomic mass is 19.1. The van der Waals surface area contributed by atoms with Crippen LogP contribution in [0.5, 0.6) is 0 Å². The van der Waals surface area contributed by atoms with Crippen LogP contribution in [0.25, 0.3) is 0 Å². The van der Waals surface area contributed by atoms with E-state index in [1.807, 2.05) is 0 Å². The lowest BCUT2D eigenvalue weighted by Crippen LogP contribution is -2.69. The Labute approximate surface area is 221 Å². The molecule has 13 atom stereocenters. The molecule has 0 spiro atoms. The van der Waals surface area contributed by atoms with Crippen LogP contribution < -0.4 is 0 Å². The van der Waals surface area contributed by atoms with Gasteiger partial charge in [0.15, 0.2) is 17.2 Å². The monoisotopic (exact) mass is 538 g/mol. The molecule has 0 radical (unpaired) electrons. The van der Waals surface area contributed by atoms with Gasteiger partial charge in [0.1, 0.15) is 36.6 Å². The predicted octanol–water partition coefficient (Wildman–Crippen LogP) is 0.136. The lowest BCUT2D eigenvalue weighted by molar-refractivity contribution is -0.221. The molecular weight excluding hydrogens is 499 g/mol. The number of alkyl halides is 1. The zero-order valence-corrected chi connectivity index (χ0v) is 22.2. The number of ketones is 2. The van der Waals surface area contributed by atoms with Gasteiger partial charge >= 0.3 is 0 Å². The van der Waals surface area contributed by atoms with E-state index >= 15 is 4.39 Å². The maximum Gasteiger partial charge on any atom is 0.190 e. The Bertz CT molecular complexity index is 1110. The fraction of sp³-hybridized carbons (Fsp3) is 0.786. The van der Waals surface area contributed by atoms with Crippen molar-refractivity contribution in [3.8, 4) is 0 Å². The maximum atomic E-state index is 17.7. The molecule has 0 unspecified atom stereocenters. The fourth-order valence-corrected chi connectivity index (χ4v) is 8.92. The van der Waals surface area contributed by atoms with E-state index in [0.717, 1.165) is 0 Å². The molecule has 10 heteroatoms. The second-order valence-electron chi connectivity index (χ2n) is 12.7. The smallest absolute Gasteiger partial charge is 0.190 e. The number of halogens is 1. The number of carbonyl (C=O) groups excluding carboxylic acids is 2. The summed E-state index contributed by atoms with van der Waals surface area (Å²) in [5.74, 6) is -3.04. The number of fused-ring (bicyclic) bond motifs is 5. The lowest BCUT2D eigenvalue weighted by Gasteiger charge is -2.63. The van der Waals surface area contributed by atoms with E-state index in [1.54, 1.807) is 20.8 Å². The van der Waals surface area contributed by atoms with Gasteiger partial charge in [0, 0.05) is 22.3 Å². The second-order valence-corrected chi connectivity index (χ2v) is 12.7. The van der Waals surface area contributed by atoms with Crippen molar-refractivity contribution in [2.45, 2.75) is 101 Å². The molecule has 212 valence electrons. The normalized spacial score (nSPS) is 54.4. The molecule has 4 fully saturated rings. The third-order valence-corrected chi connectivity index (χ3v) is 11.1. The van der Waals surface area contributed by atoms with E-state index in [-0.39, 0.29) is 12.0 Å². The van der Waals surface area contributed by atoms with Gasteiger partial charge in [0.25, 0.3) is 0 Å². The van der Waals surface area contributed by atoms with Crippen LogP contribution in [0.3, 0.4) is 0 Å². The molecule has 0 bridgehead atoms. The highest BCUT2D eigenvalue weighted by molar-refractivity contribution is 6.07. The van der Waals surface area contributed by atoms with Crippen molar-refractivity contribution in [1.82, 2.24) is 0 Å². The number of hydrogen-bond donors (Lipinski definition) is 6. The van der Waals surface area contributed by atoms with Gasteiger partial charge in [0.05, 0.1) is 12.2 Å².